The molecular weight excluding hydrogens is 156 g/mol. The third-order valence-corrected chi connectivity index (χ3v) is 0.985. The second-order valence-corrected chi connectivity index (χ2v) is 3.49. The summed E-state index contributed by atoms with van der Waals surface area (Å²) in [5, 5.41) is 2.65. The molecule has 0 rings (SSSR count). The van der Waals surface area contributed by atoms with Gasteiger partial charge < -0.3 is 5.32 Å². The Hall–Kier alpha value is -0.610. The summed E-state index contributed by atoms with van der Waals surface area (Å²) < 4.78 is 0. The molecule has 72 valence electrons. The first-order valence-corrected chi connectivity index (χ1v) is 4.13. The Morgan fingerprint density at radius 1 is 1.42 bits per heavy atom. The minimum atomic E-state index is -0.257. The van der Waals surface area contributed by atoms with Crippen molar-refractivity contribution in [1.82, 2.24) is 10.8 Å². The molecule has 0 aliphatic heterocycles. The van der Waals surface area contributed by atoms with Gasteiger partial charge in [0.05, 0.1) is 12.1 Å². The van der Waals surface area contributed by atoms with Gasteiger partial charge in [-0.1, -0.05) is 0 Å². The first-order valence-electron chi connectivity index (χ1n) is 4.13. The zero-order valence-electron chi connectivity index (χ0n) is 8.23. The van der Waals surface area contributed by atoms with E-state index in [0.29, 0.717) is 6.54 Å². The molecule has 0 aromatic rings. The Kier molecular flexibility index (Phi) is 4.85. The summed E-state index contributed by atoms with van der Waals surface area (Å²) in [6, 6.07) is 0. The van der Waals surface area contributed by atoms with E-state index in [1.54, 1.807) is 0 Å². The van der Waals surface area contributed by atoms with Crippen molar-refractivity contribution >= 4 is 5.91 Å². The molecule has 12 heavy (non-hydrogen) atoms. The van der Waals surface area contributed by atoms with E-state index in [1.165, 1.54) is 0 Å². The molecule has 4 nitrogen and oxygen atoms in total. The third kappa shape index (κ3) is 7.50. The van der Waals surface area contributed by atoms with Crippen molar-refractivity contribution in [3.05, 3.63) is 0 Å². The molecule has 0 saturated heterocycles. The number of nitrogens with one attached hydrogen (secondary N) is 2. The third-order valence-electron chi connectivity index (χ3n) is 0.985. The Bertz CT molecular complexity index is 140. The molecule has 0 saturated carbocycles. The molecular formula is C8H18N2O2. The molecule has 0 bridgehead atoms. The van der Waals surface area contributed by atoms with E-state index in [1.807, 2.05) is 27.7 Å². The Balaban J connectivity index is 3.37. The fourth-order valence-electron chi connectivity index (χ4n) is 0.578. The average Bonchev–Trinajstić information content (AvgIpc) is 1.84. The molecule has 0 aromatic heterocycles. The number of amides is 1. The van der Waals surface area contributed by atoms with Crippen LogP contribution in [-0.4, -0.2) is 24.6 Å². The van der Waals surface area contributed by atoms with E-state index < -0.39 is 0 Å². The Morgan fingerprint density at radius 2 is 2.00 bits per heavy atom. The molecule has 0 radical (unpaired) electrons. The summed E-state index contributed by atoms with van der Waals surface area (Å²) in [6.45, 7) is 8.47. The highest BCUT2D eigenvalue weighted by Crippen LogP contribution is 2.02. The highest BCUT2D eigenvalue weighted by Gasteiger charge is 2.10. The van der Waals surface area contributed by atoms with Gasteiger partial charge in [0.2, 0.25) is 5.91 Å². The van der Waals surface area contributed by atoms with Crippen molar-refractivity contribution in [2.75, 3.05) is 13.1 Å². The van der Waals surface area contributed by atoms with Gasteiger partial charge in [-0.2, -0.15) is 5.48 Å². The number of likely N-dealkylation sites (N-methyl/N-ethyl adjacent to an activating group) is 1. The maximum atomic E-state index is 10.9. The van der Waals surface area contributed by atoms with Crippen LogP contribution in [0.2, 0.25) is 0 Å². The van der Waals surface area contributed by atoms with Crippen molar-refractivity contribution in [3.8, 4) is 0 Å². The van der Waals surface area contributed by atoms with Crippen molar-refractivity contribution < 1.29 is 9.63 Å². The molecule has 4 heteroatoms. The number of hydrogen-bond donors (Lipinski definition) is 2. The van der Waals surface area contributed by atoms with Crippen LogP contribution in [0, 0.1) is 0 Å². The predicted octanol–water partition coefficient (Wildman–Crippen LogP) is 0.442. The van der Waals surface area contributed by atoms with Crippen molar-refractivity contribution in [3.63, 3.8) is 0 Å². The first-order chi connectivity index (χ1) is 5.45. The second-order valence-electron chi connectivity index (χ2n) is 3.49. The van der Waals surface area contributed by atoms with Crippen LogP contribution >= 0.6 is 0 Å². The van der Waals surface area contributed by atoms with Crippen molar-refractivity contribution in [2.45, 2.75) is 33.3 Å². The van der Waals surface area contributed by atoms with Gasteiger partial charge in [-0.15, -0.1) is 0 Å². The summed E-state index contributed by atoms with van der Waals surface area (Å²) in [5.74, 6) is -0.0539. The van der Waals surface area contributed by atoms with Crippen LogP contribution in [-0.2, 0) is 9.63 Å². The smallest absolute Gasteiger partial charge is 0.236 e. The second kappa shape index (κ2) is 5.11. The Labute approximate surface area is 73.6 Å². The lowest BCUT2D eigenvalue weighted by atomic mass is 10.2. The van der Waals surface area contributed by atoms with E-state index in [2.05, 4.69) is 10.8 Å². The van der Waals surface area contributed by atoms with Crippen LogP contribution in [0.4, 0.5) is 0 Å². The molecule has 0 atom stereocenters. The maximum absolute atomic E-state index is 10.9. The van der Waals surface area contributed by atoms with E-state index in [9.17, 15) is 4.79 Å². The van der Waals surface area contributed by atoms with Gasteiger partial charge in [-0.05, 0) is 27.7 Å². The van der Waals surface area contributed by atoms with Gasteiger partial charge in [-0.3, -0.25) is 9.63 Å². The summed E-state index contributed by atoms with van der Waals surface area (Å²) in [5.41, 5.74) is 2.34. The summed E-state index contributed by atoms with van der Waals surface area (Å²) in [6.07, 6.45) is 0. The Morgan fingerprint density at radius 3 is 2.42 bits per heavy atom. The first kappa shape index (κ1) is 11.4. The van der Waals surface area contributed by atoms with Crippen molar-refractivity contribution in [2.24, 2.45) is 0 Å². The number of rotatable bonds is 4. The number of hydroxylamine groups is 1. The van der Waals surface area contributed by atoms with Gasteiger partial charge in [0.1, 0.15) is 0 Å². The standard InChI is InChI=1S/C8H18N2O2/c1-5-9-7(11)6-10-12-8(2,3)4/h10H,5-6H2,1-4H3,(H,9,11). The summed E-state index contributed by atoms with van der Waals surface area (Å²) >= 11 is 0. The maximum Gasteiger partial charge on any atom is 0.236 e. The molecule has 2 N–H and O–H groups in total. The van der Waals surface area contributed by atoms with Gasteiger partial charge >= 0.3 is 0 Å². The normalized spacial score (nSPS) is 11.3. The molecule has 0 heterocycles. The lowest BCUT2D eigenvalue weighted by Gasteiger charge is -2.18. The average molecular weight is 174 g/mol. The van der Waals surface area contributed by atoms with E-state index in [4.69, 9.17) is 4.84 Å². The van der Waals surface area contributed by atoms with Crippen LogP contribution in [0.25, 0.3) is 0 Å². The molecule has 0 aliphatic rings. The largest absolute Gasteiger partial charge is 0.355 e. The SMILES string of the molecule is CCNC(=O)CNOC(C)(C)C. The number of carbonyl (C=O) groups is 1. The van der Waals surface area contributed by atoms with Crippen molar-refractivity contribution in [1.29, 1.82) is 0 Å². The van der Waals surface area contributed by atoms with E-state index in [0.717, 1.165) is 0 Å². The molecule has 0 unspecified atom stereocenters. The minimum absolute atomic E-state index is 0.0539. The van der Waals surface area contributed by atoms with Gasteiger partial charge in [-0.25, -0.2) is 0 Å². The topological polar surface area (TPSA) is 50.4 Å². The van der Waals surface area contributed by atoms with Crippen LogP contribution < -0.4 is 10.8 Å². The molecule has 0 fully saturated rings. The molecule has 1 amide bonds. The lowest BCUT2D eigenvalue weighted by molar-refractivity contribution is -0.127. The lowest BCUT2D eigenvalue weighted by Crippen LogP contribution is -2.37. The summed E-state index contributed by atoms with van der Waals surface area (Å²) in [7, 11) is 0. The monoisotopic (exact) mass is 174 g/mol. The van der Waals surface area contributed by atoms with E-state index in [-0.39, 0.29) is 18.1 Å². The van der Waals surface area contributed by atoms with Gasteiger partial charge in [0.15, 0.2) is 0 Å². The highest BCUT2D eigenvalue weighted by molar-refractivity contribution is 5.77. The van der Waals surface area contributed by atoms with Gasteiger partial charge in [0, 0.05) is 6.54 Å². The fraction of sp³-hybridized carbons (Fsp3) is 0.875. The van der Waals surface area contributed by atoms with Crippen LogP contribution in [0.5, 0.6) is 0 Å². The highest BCUT2D eigenvalue weighted by atomic mass is 16.7. The molecule has 0 aliphatic carbocycles. The minimum Gasteiger partial charge on any atom is -0.355 e. The quantitative estimate of drug-likeness (QED) is 0.608. The van der Waals surface area contributed by atoms with Gasteiger partial charge in [0.25, 0.3) is 0 Å². The van der Waals surface area contributed by atoms with E-state index >= 15 is 0 Å². The van der Waals surface area contributed by atoms with Crippen LogP contribution in [0.15, 0.2) is 0 Å². The summed E-state index contributed by atoms with van der Waals surface area (Å²) in [4.78, 5) is 16.0. The molecule has 0 aromatic carbocycles. The number of carbonyl (C=O) groups excluding carboxylic acids is 1. The zero-order chi connectivity index (χ0) is 9.61. The zero-order valence-corrected chi connectivity index (χ0v) is 8.23. The predicted molar refractivity (Wildman–Crippen MR) is 47.5 cm³/mol. The number of hydrogen-bond acceptors (Lipinski definition) is 3. The van der Waals surface area contributed by atoms with Crippen LogP contribution in [0.3, 0.4) is 0 Å². The fourth-order valence-corrected chi connectivity index (χ4v) is 0.578. The van der Waals surface area contributed by atoms with Crippen LogP contribution in [0.1, 0.15) is 27.7 Å². The molecule has 0 spiro atoms.